The van der Waals surface area contributed by atoms with Gasteiger partial charge >= 0.3 is 0 Å². The molecule has 2 rings (SSSR count). The molecule has 0 radical (unpaired) electrons. The van der Waals surface area contributed by atoms with E-state index in [9.17, 15) is 13.5 Å². The Labute approximate surface area is 184 Å². The van der Waals surface area contributed by atoms with Crippen LogP contribution >= 0.6 is 24.0 Å². The minimum atomic E-state index is -3.11. The lowest BCUT2D eigenvalue weighted by molar-refractivity contribution is 0.306. The first-order valence-corrected chi connectivity index (χ1v) is 10.9. The molecule has 0 amide bonds. The highest BCUT2D eigenvalue weighted by atomic mass is 127. The molecule has 1 fully saturated rings. The topological polar surface area (TPSA) is 103 Å². The van der Waals surface area contributed by atoms with Gasteiger partial charge in [0.1, 0.15) is 0 Å². The quantitative estimate of drug-likeness (QED) is 0.285. The number of aromatic hydroxyl groups is 1. The summed E-state index contributed by atoms with van der Waals surface area (Å²) >= 11 is 0. The van der Waals surface area contributed by atoms with E-state index in [1.165, 1.54) is 7.11 Å². The number of benzene rings is 1. The van der Waals surface area contributed by atoms with Crippen LogP contribution in [0.25, 0.3) is 0 Å². The van der Waals surface area contributed by atoms with Crippen LogP contribution in [-0.2, 0) is 16.6 Å². The summed E-state index contributed by atoms with van der Waals surface area (Å²) in [5.74, 6) is 1.35. The Bertz CT molecular complexity index is 750. The number of methoxy groups -OCH3 is 1. The number of phenols is 1. The summed E-state index contributed by atoms with van der Waals surface area (Å²) in [6, 6.07) is 5.39. The summed E-state index contributed by atoms with van der Waals surface area (Å²) in [6.07, 6.45) is 1.49. The second-order valence-electron chi connectivity index (χ2n) is 6.42. The Kier molecular flexibility index (Phi) is 10.3. The Morgan fingerprint density at radius 3 is 2.54 bits per heavy atom. The molecule has 1 aromatic carbocycles. The molecule has 160 valence electrons. The number of halogens is 1. The van der Waals surface area contributed by atoms with Gasteiger partial charge in [0.05, 0.1) is 19.4 Å². The number of hydrogen-bond donors (Lipinski definition) is 3. The lowest BCUT2D eigenvalue weighted by Gasteiger charge is -2.32. The minimum Gasteiger partial charge on any atom is -0.504 e. The van der Waals surface area contributed by atoms with E-state index < -0.39 is 10.0 Å². The van der Waals surface area contributed by atoms with E-state index in [0.717, 1.165) is 24.9 Å². The van der Waals surface area contributed by atoms with Crippen molar-refractivity contribution in [3.05, 3.63) is 23.8 Å². The van der Waals surface area contributed by atoms with E-state index in [1.807, 2.05) is 13.0 Å². The summed E-state index contributed by atoms with van der Waals surface area (Å²) in [5, 5.41) is 16.5. The molecule has 1 aromatic rings. The van der Waals surface area contributed by atoms with Gasteiger partial charge in [-0.2, -0.15) is 0 Å². The molecule has 8 nitrogen and oxygen atoms in total. The van der Waals surface area contributed by atoms with Crippen molar-refractivity contribution in [3.8, 4) is 11.5 Å². The first-order valence-electron chi connectivity index (χ1n) is 9.28. The molecule has 0 unspecified atom stereocenters. The number of phenolic OH excluding ortho intramolecular Hbond substituents is 1. The van der Waals surface area contributed by atoms with Gasteiger partial charge in [-0.05, 0) is 44.4 Å². The highest BCUT2D eigenvalue weighted by molar-refractivity contribution is 14.0. The van der Waals surface area contributed by atoms with E-state index in [0.29, 0.717) is 31.3 Å². The zero-order valence-corrected chi connectivity index (χ0v) is 19.8. The number of nitrogens with one attached hydrogen (secondary N) is 2. The van der Waals surface area contributed by atoms with Gasteiger partial charge < -0.3 is 20.5 Å². The molecule has 0 aromatic heterocycles. The predicted octanol–water partition coefficient (Wildman–Crippen LogP) is 1.89. The average molecular weight is 526 g/mol. The predicted molar refractivity (Wildman–Crippen MR) is 122 cm³/mol. The third-order valence-corrected chi connectivity index (χ3v) is 6.44. The van der Waals surface area contributed by atoms with Crippen LogP contribution in [0.4, 0.5) is 0 Å². The van der Waals surface area contributed by atoms with Crippen LogP contribution in [0.2, 0.25) is 0 Å². The van der Waals surface area contributed by atoms with Crippen LogP contribution in [0, 0.1) is 0 Å². The van der Waals surface area contributed by atoms with Crippen LogP contribution in [0.5, 0.6) is 11.5 Å². The zero-order chi connectivity index (χ0) is 19.9. The number of aliphatic imine (C=N–C) groups is 1. The Hall–Kier alpha value is -1.27. The summed E-state index contributed by atoms with van der Waals surface area (Å²) in [4.78, 5) is 4.57. The summed E-state index contributed by atoms with van der Waals surface area (Å²) < 4.78 is 30.5. The van der Waals surface area contributed by atoms with Crippen LogP contribution in [0.3, 0.4) is 0 Å². The lowest BCUT2D eigenvalue weighted by Crippen LogP contribution is -2.50. The smallest absolute Gasteiger partial charge is 0.213 e. The molecule has 3 N–H and O–H groups in total. The molecule has 0 spiro atoms. The number of sulfonamides is 1. The van der Waals surface area contributed by atoms with Crippen molar-refractivity contribution in [1.29, 1.82) is 0 Å². The second-order valence-corrected chi connectivity index (χ2v) is 8.68. The zero-order valence-electron chi connectivity index (χ0n) is 16.6. The second kappa shape index (κ2) is 11.7. The number of rotatable bonds is 7. The van der Waals surface area contributed by atoms with Gasteiger partial charge in [-0.15, -0.1) is 24.0 Å². The van der Waals surface area contributed by atoms with E-state index in [-0.39, 0.29) is 41.5 Å². The number of nitrogens with zero attached hydrogens (tertiary/aromatic N) is 2. The summed E-state index contributed by atoms with van der Waals surface area (Å²) in [6.45, 7) is 5.86. The van der Waals surface area contributed by atoms with Gasteiger partial charge in [0.25, 0.3) is 0 Å². The Morgan fingerprint density at radius 1 is 1.32 bits per heavy atom. The molecule has 1 aliphatic rings. The van der Waals surface area contributed by atoms with Crippen LogP contribution in [-0.4, -0.2) is 62.3 Å². The first kappa shape index (κ1) is 24.8. The normalized spacial score (nSPS) is 16.3. The fourth-order valence-electron chi connectivity index (χ4n) is 2.98. The van der Waals surface area contributed by atoms with Crippen molar-refractivity contribution in [1.82, 2.24) is 14.9 Å². The number of piperidine rings is 1. The molecular formula is C18H31IN4O4S. The van der Waals surface area contributed by atoms with Gasteiger partial charge in [0.2, 0.25) is 10.0 Å². The molecule has 10 heteroatoms. The van der Waals surface area contributed by atoms with Crippen molar-refractivity contribution in [2.24, 2.45) is 4.99 Å². The van der Waals surface area contributed by atoms with Crippen molar-refractivity contribution in [2.45, 2.75) is 39.3 Å². The van der Waals surface area contributed by atoms with Crippen LogP contribution < -0.4 is 15.4 Å². The summed E-state index contributed by atoms with van der Waals surface area (Å²) in [5.41, 5.74) is 0.870. The van der Waals surface area contributed by atoms with Crippen LogP contribution in [0.15, 0.2) is 23.2 Å². The summed E-state index contributed by atoms with van der Waals surface area (Å²) in [7, 11) is -1.60. The fourth-order valence-corrected chi connectivity index (χ4v) is 4.11. The maximum Gasteiger partial charge on any atom is 0.213 e. The highest BCUT2D eigenvalue weighted by Gasteiger charge is 2.26. The van der Waals surface area contributed by atoms with Crippen molar-refractivity contribution >= 4 is 40.0 Å². The standard InChI is InChI=1S/C18H30N4O4S.HI/c1-4-19-18(20-13-14-6-7-17(26-3)16(23)12-14)21-15-8-10-22(11-9-15)27(24,25)5-2;/h6-7,12,15,23H,4-5,8-11,13H2,1-3H3,(H2,19,20,21);1H. The van der Waals surface area contributed by atoms with Gasteiger partial charge in [-0.3, -0.25) is 0 Å². The van der Waals surface area contributed by atoms with Crippen LogP contribution in [0.1, 0.15) is 32.3 Å². The SMILES string of the molecule is CCNC(=NCc1ccc(OC)c(O)c1)NC1CCN(S(=O)(=O)CC)CC1.I. The molecule has 0 aliphatic carbocycles. The fraction of sp³-hybridized carbons (Fsp3) is 0.611. The third-order valence-electron chi connectivity index (χ3n) is 4.56. The average Bonchev–Trinajstić information content (AvgIpc) is 2.67. The third kappa shape index (κ3) is 6.96. The Morgan fingerprint density at radius 2 is 2.00 bits per heavy atom. The van der Waals surface area contributed by atoms with Crippen molar-refractivity contribution in [2.75, 3.05) is 32.5 Å². The molecule has 1 heterocycles. The Balaban J connectivity index is 0.00000392. The lowest BCUT2D eigenvalue weighted by atomic mass is 10.1. The van der Waals surface area contributed by atoms with Crippen molar-refractivity contribution in [3.63, 3.8) is 0 Å². The van der Waals surface area contributed by atoms with E-state index in [1.54, 1.807) is 23.4 Å². The van der Waals surface area contributed by atoms with Gasteiger partial charge in [0, 0.05) is 25.7 Å². The molecule has 1 aliphatic heterocycles. The number of hydrogen-bond acceptors (Lipinski definition) is 5. The van der Waals surface area contributed by atoms with E-state index in [2.05, 4.69) is 15.6 Å². The molecule has 1 saturated heterocycles. The maximum atomic E-state index is 12.0. The highest BCUT2D eigenvalue weighted by Crippen LogP contribution is 2.26. The van der Waals surface area contributed by atoms with E-state index >= 15 is 0 Å². The molecule has 0 bridgehead atoms. The van der Waals surface area contributed by atoms with Gasteiger partial charge in [-0.1, -0.05) is 6.07 Å². The number of guanidine groups is 1. The maximum absolute atomic E-state index is 12.0. The molecular weight excluding hydrogens is 495 g/mol. The van der Waals surface area contributed by atoms with E-state index in [4.69, 9.17) is 4.74 Å². The molecule has 28 heavy (non-hydrogen) atoms. The molecule has 0 atom stereocenters. The first-order chi connectivity index (χ1) is 12.9. The largest absolute Gasteiger partial charge is 0.504 e. The minimum absolute atomic E-state index is 0. The monoisotopic (exact) mass is 526 g/mol. The van der Waals surface area contributed by atoms with Crippen molar-refractivity contribution < 1.29 is 18.3 Å². The molecule has 0 saturated carbocycles. The number of ether oxygens (including phenoxy) is 1. The van der Waals surface area contributed by atoms with Gasteiger partial charge in [-0.25, -0.2) is 17.7 Å². The van der Waals surface area contributed by atoms with Gasteiger partial charge in [0.15, 0.2) is 17.5 Å².